The van der Waals surface area contributed by atoms with Crippen molar-refractivity contribution in [3.63, 3.8) is 0 Å². The van der Waals surface area contributed by atoms with Crippen LogP contribution in [-0.4, -0.2) is 31.1 Å². The molecule has 4 nitrogen and oxygen atoms in total. The smallest absolute Gasteiger partial charge is 0.306 e. The largest absolute Gasteiger partial charge is 0.466 e. The summed E-state index contributed by atoms with van der Waals surface area (Å²) in [7, 11) is 0. The highest BCUT2D eigenvalue weighted by Crippen LogP contribution is 2.08. The Bertz CT molecular complexity index is 207. The average molecular weight is 230 g/mol. The second kappa shape index (κ2) is 9.33. The molecule has 0 aliphatic carbocycles. The van der Waals surface area contributed by atoms with Crippen LogP contribution in [0.2, 0.25) is 0 Å². The van der Waals surface area contributed by atoms with Crippen LogP contribution in [0.4, 0.5) is 0 Å². The quantitative estimate of drug-likeness (QED) is 0.569. The number of ether oxygens (including phenoxy) is 2. The van der Waals surface area contributed by atoms with E-state index in [4.69, 9.17) is 9.47 Å². The number of hydrogen-bond donors (Lipinski definition) is 0. The SMILES string of the molecule is CCCC(OCC)C(=O)CCC(=O)OCC. The molecule has 0 rings (SSSR count). The van der Waals surface area contributed by atoms with E-state index in [0.29, 0.717) is 13.2 Å². The van der Waals surface area contributed by atoms with Crippen LogP contribution in [0.25, 0.3) is 0 Å². The van der Waals surface area contributed by atoms with Gasteiger partial charge in [0.2, 0.25) is 0 Å². The minimum absolute atomic E-state index is 0.00301. The Balaban J connectivity index is 3.94. The van der Waals surface area contributed by atoms with Crippen molar-refractivity contribution in [2.24, 2.45) is 0 Å². The van der Waals surface area contributed by atoms with Gasteiger partial charge in [0.1, 0.15) is 6.10 Å². The zero-order valence-corrected chi connectivity index (χ0v) is 10.5. The van der Waals surface area contributed by atoms with E-state index in [-0.39, 0.29) is 30.7 Å². The van der Waals surface area contributed by atoms with E-state index in [1.165, 1.54) is 0 Å². The van der Waals surface area contributed by atoms with Gasteiger partial charge < -0.3 is 9.47 Å². The number of carbonyl (C=O) groups is 2. The molecule has 0 aromatic carbocycles. The third-order valence-electron chi connectivity index (χ3n) is 2.16. The van der Waals surface area contributed by atoms with Crippen LogP contribution in [0.5, 0.6) is 0 Å². The molecule has 0 N–H and O–H groups in total. The van der Waals surface area contributed by atoms with Crippen molar-refractivity contribution >= 4 is 11.8 Å². The third kappa shape index (κ3) is 6.56. The van der Waals surface area contributed by atoms with E-state index in [1.807, 2.05) is 13.8 Å². The van der Waals surface area contributed by atoms with Gasteiger partial charge in [-0.2, -0.15) is 0 Å². The lowest BCUT2D eigenvalue weighted by molar-refractivity contribution is -0.145. The van der Waals surface area contributed by atoms with Gasteiger partial charge in [0.05, 0.1) is 13.0 Å². The van der Waals surface area contributed by atoms with E-state index in [1.54, 1.807) is 6.92 Å². The minimum atomic E-state index is -0.357. The van der Waals surface area contributed by atoms with E-state index in [9.17, 15) is 9.59 Å². The fraction of sp³-hybridized carbons (Fsp3) is 0.833. The fourth-order valence-electron chi connectivity index (χ4n) is 1.42. The summed E-state index contributed by atoms with van der Waals surface area (Å²) in [5.41, 5.74) is 0. The van der Waals surface area contributed by atoms with Crippen molar-refractivity contribution < 1.29 is 19.1 Å². The van der Waals surface area contributed by atoms with Crippen LogP contribution < -0.4 is 0 Å². The molecule has 0 fully saturated rings. The monoisotopic (exact) mass is 230 g/mol. The van der Waals surface area contributed by atoms with Crippen LogP contribution in [0, 0.1) is 0 Å². The van der Waals surface area contributed by atoms with Crippen LogP contribution in [0.3, 0.4) is 0 Å². The predicted molar refractivity (Wildman–Crippen MR) is 61.2 cm³/mol. The maximum atomic E-state index is 11.7. The Morgan fingerprint density at radius 2 is 1.75 bits per heavy atom. The number of rotatable bonds is 9. The Morgan fingerprint density at radius 3 is 2.25 bits per heavy atom. The Kier molecular flexibility index (Phi) is 8.81. The number of Topliss-reactive ketones (excluding diaryl/α,β-unsaturated/α-hetero) is 1. The molecule has 0 heterocycles. The van der Waals surface area contributed by atoms with Gasteiger partial charge in [0, 0.05) is 13.0 Å². The van der Waals surface area contributed by atoms with Gasteiger partial charge >= 0.3 is 5.97 Å². The average Bonchev–Trinajstić information content (AvgIpc) is 2.26. The number of ketones is 1. The van der Waals surface area contributed by atoms with Crippen LogP contribution in [0.15, 0.2) is 0 Å². The first kappa shape index (κ1) is 15.1. The first-order valence-corrected chi connectivity index (χ1v) is 5.95. The standard InChI is InChI=1S/C12H22O4/c1-4-7-11(15-5-2)10(13)8-9-12(14)16-6-3/h11H,4-9H2,1-3H3. The summed E-state index contributed by atoms with van der Waals surface area (Å²) in [6.07, 6.45) is 1.62. The molecule has 94 valence electrons. The van der Waals surface area contributed by atoms with Crippen molar-refractivity contribution in [2.75, 3.05) is 13.2 Å². The summed E-state index contributed by atoms with van der Waals surface area (Å²) in [5, 5.41) is 0. The van der Waals surface area contributed by atoms with E-state index in [2.05, 4.69) is 0 Å². The van der Waals surface area contributed by atoms with Gasteiger partial charge in [-0.3, -0.25) is 9.59 Å². The lowest BCUT2D eigenvalue weighted by atomic mass is 10.1. The number of hydrogen-bond acceptors (Lipinski definition) is 4. The Labute approximate surface area is 97.3 Å². The highest BCUT2D eigenvalue weighted by molar-refractivity contribution is 5.86. The van der Waals surface area contributed by atoms with Gasteiger partial charge in [-0.05, 0) is 20.3 Å². The zero-order valence-electron chi connectivity index (χ0n) is 10.5. The van der Waals surface area contributed by atoms with Crippen molar-refractivity contribution in [3.8, 4) is 0 Å². The van der Waals surface area contributed by atoms with E-state index >= 15 is 0 Å². The molecule has 0 aliphatic rings. The maximum Gasteiger partial charge on any atom is 0.306 e. The molecule has 16 heavy (non-hydrogen) atoms. The second-order valence-electron chi connectivity index (χ2n) is 3.50. The third-order valence-corrected chi connectivity index (χ3v) is 2.16. The lowest BCUT2D eigenvalue weighted by Gasteiger charge is -2.14. The highest BCUT2D eigenvalue weighted by Gasteiger charge is 2.18. The molecule has 0 aromatic heterocycles. The fourth-order valence-corrected chi connectivity index (χ4v) is 1.42. The Morgan fingerprint density at radius 1 is 1.06 bits per heavy atom. The molecule has 0 aliphatic heterocycles. The molecule has 0 saturated heterocycles. The van der Waals surface area contributed by atoms with Crippen LogP contribution in [-0.2, 0) is 19.1 Å². The summed E-state index contributed by atoms with van der Waals surface area (Å²) >= 11 is 0. The van der Waals surface area contributed by atoms with E-state index in [0.717, 1.165) is 12.8 Å². The minimum Gasteiger partial charge on any atom is -0.466 e. The van der Waals surface area contributed by atoms with Crippen molar-refractivity contribution in [2.45, 2.75) is 52.6 Å². The van der Waals surface area contributed by atoms with Crippen molar-refractivity contribution in [1.82, 2.24) is 0 Å². The van der Waals surface area contributed by atoms with Gasteiger partial charge in [0.25, 0.3) is 0 Å². The molecular formula is C12H22O4. The van der Waals surface area contributed by atoms with Gasteiger partial charge in [0.15, 0.2) is 5.78 Å². The maximum absolute atomic E-state index is 11.7. The summed E-state index contributed by atoms with van der Waals surface area (Å²) in [4.78, 5) is 22.8. The summed E-state index contributed by atoms with van der Waals surface area (Å²) < 4.78 is 10.1. The lowest BCUT2D eigenvalue weighted by Crippen LogP contribution is -2.25. The zero-order chi connectivity index (χ0) is 12.4. The molecule has 0 bridgehead atoms. The van der Waals surface area contributed by atoms with Crippen LogP contribution in [0.1, 0.15) is 46.5 Å². The summed E-state index contributed by atoms with van der Waals surface area (Å²) in [5.74, 6) is -0.320. The van der Waals surface area contributed by atoms with Crippen molar-refractivity contribution in [1.29, 1.82) is 0 Å². The van der Waals surface area contributed by atoms with Gasteiger partial charge in [-0.1, -0.05) is 13.3 Å². The normalized spacial score (nSPS) is 12.2. The molecule has 0 aromatic rings. The highest BCUT2D eigenvalue weighted by atomic mass is 16.5. The molecule has 0 spiro atoms. The second-order valence-corrected chi connectivity index (χ2v) is 3.50. The van der Waals surface area contributed by atoms with Gasteiger partial charge in [-0.25, -0.2) is 0 Å². The van der Waals surface area contributed by atoms with E-state index < -0.39 is 0 Å². The summed E-state index contributed by atoms with van der Waals surface area (Å²) in [6.45, 7) is 6.50. The Hall–Kier alpha value is -0.900. The molecular weight excluding hydrogens is 208 g/mol. The molecule has 0 amide bonds. The van der Waals surface area contributed by atoms with Crippen molar-refractivity contribution in [3.05, 3.63) is 0 Å². The first-order chi connectivity index (χ1) is 7.65. The number of carbonyl (C=O) groups excluding carboxylic acids is 2. The first-order valence-electron chi connectivity index (χ1n) is 5.95. The van der Waals surface area contributed by atoms with Gasteiger partial charge in [-0.15, -0.1) is 0 Å². The molecule has 1 atom stereocenters. The molecule has 1 unspecified atom stereocenters. The predicted octanol–water partition coefficient (Wildman–Crippen LogP) is 2.10. The van der Waals surface area contributed by atoms with Crippen LogP contribution >= 0.6 is 0 Å². The number of esters is 1. The summed E-state index contributed by atoms with van der Waals surface area (Å²) in [6, 6.07) is 0. The topological polar surface area (TPSA) is 52.6 Å². The molecule has 4 heteroatoms. The molecule has 0 radical (unpaired) electrons. The molecule has 0 saturated carbocycles.